The average molecular weight is 366 g/mol. The maximum absolute atomic E-state index is 13.4. The van der Waals surface area contributed by atoms with Crippen LogP contribution in [-0.4, -0.2) is 46.3 Å². The first-order valence-corrected chi connectivity index (χ1v) is 10.6. The summed E-state index contributed by atoms with van der Waals surface area (Å²) in [4.78, 5) is 18.6. The van der Waals surface area contributed by atoms with Crippen molar-refractivity contribution in [3.05, 3.63) is 36.0 Å². The Hall–Kier alpha value is -1.65. The van der Waals surface area contributed by atoms with Crippen LogP contribution in [0.25, 0.3) is 10.9 Å². The summed E-state index contributed by atoms with van der Waals surface area (Å²) in [7, 11) is 0. The highest BCUT2D eigenvalue weighted by Gasteiger charge is 2.63. The van der Waals surface area contributed by atoms with Crippen molar-refractivity contribution in [2.75, 3.05) is 26.2 Å². The van der Waals surface area contributed by atoms with E-state index in [2.05, 4.69) is 65.6 Å². The number of unbranched alkanes of at least 4 members (excludes halogenated alkanes) is 1. The fraction of sp³-hybridized carbons (Fsp3) is 0.609. The lowest BCUT2D eigenvalue weighted by Gasteiger charge is -2.65. The summed E-state index contributed by atoms with van der Waals surface area (Å²) < 4.78 is 2.37. The zero-order chi connectivity index (χ0) is 18.8. The third kappa shape index (κ3) is 2.32. The molecule has 0 spiro atoms. The van der Waals surface area contributed by atoms with Gasteiger partial charge in [-0.25, -0.2) is 0 Å². The molecule has 2 unspecified atom stereocenters. The average Bonchev–Trinajstić information content (AvgIpc) is 3.02. The third-order valence-corrected chi connectivity index (χ3v) is 7.28. The Labute approximate surface area is 162 Å². The van der Waals surface area contributed by atoms with Crippen LogP contribution in [0.4, 0.5) is 0 Å². The number of fused-ring (bicyclic) bond motifs is 1. The van der Waals surface area contributed by atoms with E-state index in [1.807, 2.05) is 0 Å². The molecule has 4 nitrogen and oxygen atoms in total. The van der Waals surface area contributed by atoms with Crippen molar-refractivity contribution < 1.29 is 4.79 Å². The van der Waals surface area contributed by atoms with Gasteiger partial charge in [-0.3, -0.25) is 14.6 Å². The Morgan fingerprint density at radius 1 is 1.07 bits per heavy atom. The molecule has 2 atom stereocenters. The SMILES string of the molecule is CCCCC12CN3CC(C)(CN(C1)C3c1cn(CC)c3ccccc13)C2=O. The number of nitrogens with zero attached hydrogens (tertiary/aromatic N) is 3. The van der Waals surface area contributed by atoms with Crippen molar-refractivity contribution in [2.45, 2.75) is 52.7 Å². The molecule has 0 aliphatic carbocycles. The van der Waals surface area contributed by atoms with E-state index in [9.17, 15) is 4.79 Å². The van der Waals surface area contributed by atoms with E-state index in [1.165, 1.54) is 22.9 Å². The van der Waals surface area contributed by atoms with Gasteiger partial charge in [-0.05, 0) is 19.4 Å². The van der Waals surface area contributed by atoms with Crippen LogP contribution in [0.1, 0.15) is 51.8 Å². The molecule has 5 heterocycles. The summed E-state index contributed by atoms with van der Waals surface area (Å²) in [6.45, 7) is 11.3. The predicted octanol–water partition coefficient (Wildman–Crippen LogP) is 4.06. The number of carbonyl (C=O) groups excluding carboxylic acids is 1. The van der Waals surface area contributed by atoms with Crippen LogP contribution in [0.5, 0.6) is 0 Å². The van der Waals surface area contributed by atoms with Gasteiger partial charge in [-0.1, -0.05) is 44.9 Å². The van der Waals surface area contributed by atoms with Crippen LogP contribution in [-0.2, 0) is 11.3 Å². The highest BCUT2D eigenvalue weighted by Crippen LogP contribution is 2.54. The number of para-hydroxylation sites is 1. The van der Waals surface area contributed by atoms with E-state index in [4.69, 9.17) is 0 Å². The molecular weight excluding hydrogens is 334 g/mol. The number of piperidine rings is 2. The summed E-state index contributed by atoms with van der Waals surface area (Å²) in [6.07, 6.45) is 6.05. The summed E-state index contributed by atoms with van der Waals surface area (Å²) in [5.41, 5.74) is 2.42. The Bertz CT molecular complexity index is 882. The lowest BCUT2D eigenvalue weighted by atomic mass is 9.59. The summed E-state index contributed by atoms with van der Waals surface area (Å²) in [5.74, 6) is 0.547. The van der Waals surface area contributed by atoms with Crippen molar-refractivity contribution in [1.29, 1.82) is 0 Å². The molecule has 1 aromatic heterocycles. The summed E-state index contributed by atoms with van der Waals surface area (Å²) >= 11 is 0. The molecule has 4 aliphatic rings. The molecule has 0 amide bonds. The van der Waals surface area contributed by atoms with E-state index < -0.39 is 0 Å². The Balaban J connectivity index is 1.58. The predicted molar refractivity (Wildman–Crippen MR) is 109 cm³/mol. The van der Waals surface area contributed by atoms with Crippen molar-refractivity contribution >= 4 is 16.7 Å². The minimum atomic E-state index is -0.191. The van der Waals surface area contributed by atoms with E-state index in [-0.39, 0.29) is 10.8 Å². The van der Waals surface area contributed by atoms with Gasteiger partial charge < -0.3 is 4.57 Å². The molecule has 0 saturated carbocycles. The van der Waals surface area contributed by atoms with E-state index in [0.717, 1.165) is 45.6 Å². The molecule has 2 aromatic rings. The molecule has 27 heavy (non-hydrogen) atoms. The van der Waals surface area contributed by atoms with Gasteiger partial charge in [0, 0.05) is 55.4 Å². The highest BCUT2D eigenvalue weighted by atomic mass is 16.1. The monoisotopic (exact) mass is 365 g/mol. The first kappa shape index (κ1) is 17.4. The smallest absolute Gasteiger partial charge is 0.150 e. The van der Waals surface area contributed by atoms with Crippen molar-refractivity contribution in [3.8, 4) is 0 Å². The normalized spacial score (nSPS) is 37.4. The zero-order valence-corrected chi connectivity index (χ0v) is 16.9. The molecule has 4 saturated heterocycles. The van der Waals surface area contributed by atoms with Gasteiger partial charge in [0.2, 0.25) is 0 Å². The Morgan fingerprint density at radius 2 is 1.78 bits per heavy atom. The molecule has 144 valence electrons. The molecule has 4 heteroatoms. The van der Waals surface area contributed by atoms with Gasteiger partial charge in [0.25, 0.3) is 0 Å². The summed E-state index contributed by atoms with van der Waals surface area (Å²) in [6, 6.07) is 8.79. The fourth-order valence-electron chi connectivity index (χ4n) is 6.31. The van der Waals surface area contributed by atoms with Gasteiger partial charge in [-0.2, -0.15) is 0 Å². The number of benzene rings is 1. The standard InChI is InChI=1S/C23H31N3O/c1-4-6-11-23-15-25-13-22(3,21(23)27)14-26(16-23)20(25)18-12-24(5-2)19-10-8-7-9-17(18)19/h7-10,12,20H,4-6,11,13-16H2,1-3H3. The zero-order valence-electron chi connectivity index (χ0n) is 16.9. The molecule has 4 aliphatic heterocycles. The summed E-state index contributed by atoms with van der Waals surface area (Å²) in [5, 5.41) is 1.37. The molecule has 4 bridgehead atoms. The highest BCUT2D eigenvalue weighted by molar-refractivity contribution is 5.93. The number of hydrogen-bond acceptors (Lipinski definition) is 3. The maximum Gasteiger partial charge on any atom is 0.150 e. The second kappa shape index (κ2) is 5.92. The van der Waals surface area contributed by atoms with Crippen LogP contribution in [0.15, 0.2) is 30.5 Å². The van der Waals surface area contributed by atoms with E-state index in [0.29, 0.717) is 11.9 Å². The topological polar surface area (TPSA) is 28.5 Å². The third-order valence-electron chi connectivity index (χ3n) is 7.28. The van der Waals surface area contributed by atoms with Gasteiger partial charge in [0.05, 0.1) is 17.0 Å². The lowest BCUT2D eigenvalue weighted by molar-refractivity contribution is -0.201. The maximum atomic E-state index is 13.4. The molecule has 4 fully saturated rings. The molecule has 1 aromatic carbocycles. The largest absolute Gasteiger partial charge is 0.347 e. The van der Waals surface area contributed by atoms with Crippen LogP contribution in [0, 0.1) is 10.8 Å². The van der Waals surface area contributed by atoms with Crippen LogP contribution in [0.2, 0.25) is 0 Å². The first-order valence-electron chi connectivity index (χ1n) is 10.6. The van der Waals surface area contributed by atoms with Gasteiger partial charge in [0.1, 0.15) is 5.78 Å². The van der Waals surface area contributed by atoms with Crippen molar-refractivity contribution in [3.63, 3.8) is 0 Å². The minimum Gasteiger partial charge on any atom is -0.347 e. The van der Waals surface area contributed by atoms with Crippen molar-refractivity contribution in [1.82, 2.24) is 14.4 Å². The van der Waals surface area contributed by atoms with Crippen LogP contribution < -0.4 is 0 Å². The number of aromatic nitrogens is 1. The van der Waals surface area contributed by atoms with Gasteiger partial charge in [0.15, 0.2) is 0 Å². The van der Waals surface area contributed by atoms with E-state index in [1.54, 1.807) is 0 Å². The molecule has 0 radical (unpaired) electrons. The molecular formula is C23H31N3O. The molecule has 6 rings (SSSR count). The second-order valence-electron chi connectivity index (χ2n) is 9.34. The molecule has 0 N–H and O–H groups in total. The van der Waals surface area contributed by atoms with Crippen LogP contribution in [0.3, 0.4) is 0 Å². The number of carbonyl (C=O) groups is 1. The quantitative estimate of drug-likeness (QED) is 0.800. The number of aryl methyl sites for hydroxylation is 1. The lowest BCUT2D eigenvalue weighted by Crippen LogP contribution is -2.76. The van der Waals surface area contributed by atoms with Gasteiger partial charge in [-0.15, -0.1) is 0 Å². The number of hydrogen-bond donors (Lipinski definition) is 0. The Kier molecular flexibility index (Phi) is 3.83. The number of ketones is 1. The number of Topliss-reactive ketones (excluding diaryl/α,β-unsaturated/α-hetero) is 1. The van der Waals surface area contributed by atoms with Gasteiger partial charge >= 0.3 is 0 Å². The minimum absolute atomic E-state index is 0.138. The van der Waals surface area contributed by atoms with E-state index >= 15 is 0 Å². The van der Waals surface area contributed by atoms with Crippen LogP contribution >= 0.6 is 0 Å². The van der Waals surface area contributed by atoms with Crippen molar-refractivity contribution in [2.24, 2.45) is 10.8 Å². The second-order valence-corrected chi connectivity index (χ2v) is 9.34. The first-order chi connectivity index (χ1) is 13.0. The fourth-order valence-corrected chi connectivity index (χ4v) is 6.31. The Morgan fingerprint density at radius 3 is 2.44 bits per heavy atom. The number of rotatable bonds is 5.